The molecule has 4 saturated heterocycles. The number of hydrogen-bond acceptors (Lipinski definition) is 8. The predicted molar refractivity (Wildman–Crippen MR) is 173 cm³/mol. The zero-order valence-corrected chi connectivity index (χ0v) is 27.2. The van der Waals surface area contributed by atoms with E-state index in [4.69, 9.17) is 30.8 Å². The topological polar surface area (TPSA) is 101 Å². The first-order chi connectivity index (χ1) is 22.8. The fourth-order valence-electron chi connectivity index (χ4n) is 8.31. The van der Waals surface area contributed by atoms with Crippen molar-refractivity contribution in [1.82, 2.24) is 25.5 Å². The Hall–Kier alpha value is -3.48. The molecule has 13 heteroatoms. The van der Waals surface area contributed by atoms with E-state index in [1.807, 2.05) is 4.90 Å². The highest BCUT2D eigenvalue weighted by Gasteiger charge is 2.46. The Morgan fingerprint density at radius 1 is 1.04 bits per heavy atom. The monoisotopic (exact) mass is 668 g/mol. The summed E-state index contributed by atoms with van der Waals surface area (Å²) in [6, 6.07) is 4.45. The number of hydrogen-bond donors (Lipinski definition) is 2. The van der Waals surface area contributed by atoms with Crippen molar-refractivity contribution in [3.63, 3.8) is 0 Å². The third-order valence-electron chi connectivity index (χ3n) is 10.7. The molecule has 5 fully saturated rings. The van der Waals surface area contributed by atoms with E-state index < -0.39 is 17.2 Å². The quantitative estimate of drug-likeness (QED) is 0.278. The molecule has 4 aliphatic heterocycles. The molecule has 47 heavy (non-hydrogen) atoms. The van der Waals surface area contributed by atoms with Crippen LogP contribution >= 0.6 is 11.6 Å². The van der Waals surface area contributed by atoms with Crippen molar-refractivity contribution in [1.29, 1.82) is 0 Å². The minimum atomic E-state index is -0.806. The number of carbonyl (C=O) groups is 1. The van der Waals surface area contributed by atoms with Crippen LogP contribution in [0.25, 0.3) is 22.0 Å². The average molecular weight is 669 g/mol. The number of methoxy groups -OCH3 is 1. The highest BCUT2D eigenvalue weighted by atomic mass is 35.5. The van der Waals surface area contributed by atoms with Crippen LogP contribution < -0.4 is 25.0 Å². The van der Waals surface area contributed by atoms with Gasteiger partial charge in [0.2, 0.25) is 0 Å². The van der Waals surface area contributed by atoms with Crippen LogP contribution in [-0.4, -0.2) is 85.2 Å². The summed E-state index contributed by atoms with van der Waals surface area (Å²) in [6.45, 7) is 3.94. The number of halogens is 3. The third kappa shape index (κ3) is 5.51. The highest BCUT2D eigenvalue weighted by molar-refractivity contribution is 6.32. The van der Waals surface area contributed by atoms with E-state index in [-0.39, 0.29) is 46.8 Å². The van der Waals surface area contributed by atoms with Gasteiger partial charge in [0.15, 0.2) is 12.6 Å². The molecule has 10 nitrogen and oxygen atoms in total. The molecule has 2 amide bonds. The number of nitrogens with zero attached hydrogens (tertiary/aromatic N) is 4. The van der Waals surface area contributed by atoms with E-state index in [0.717, 1.165) is 64.5 Å². The minimum absolute atomic E-state index is 0.0251. The second-order valence-electron chi connectivity index (χ2n) is 13.8. The second kappa shape index (κ2) is 11.9. The van der Waals surface area contributed by atoms with E-state index >= 15 is 8.78 Å². The molecule has 1 atom stereocenters. The molecular formula is C34H39ClF2N6O4. The van der Waals surface area contributed by atoms with Gasteiger partial charge in [0.1, 0.15) is 29.5 Å². The Kier molecular flexibility index (Phi) is 7.80. The SMILES string of the molecule is COCOc1cc(Cl)c(C2CC2)c(-c2c(F)cc3c(N4CCCC5(CNC(=O)N5)C4)nc(OCC45CCCN4CCC5)nc3c2F)c1. The average Bonchev–Trinajstić information content (AvgIpc) is 3.53. The molecule has 1 saturated carbocycles. The van der Waals surface area contributed by atoms with Gasteiger partial charge in [-0.1, -0.05) is 11.6 Å². The summed E-state index contributed by atoms with van der Waals surface area (Å²) in [6.07, 6.45) is 7.60. The molecule has 2 N–H and O–H groups in total. The second-order valence-corrected chi connectivity index (χ2v) is 14.2. The summed E-state index contributed by atoms with van der Waals surface area (Å²) in [7, 11) is 1.50. The van der Waals surface area contributed by atoms with Crippen LogP contribution in [0, 0.1) is 11.6 Å². The molecule has 2 aromatic carbocycles. The maximum absolute atomic E-state index is 17.0. The summed E-state index contributed by atoms with van der Waals surface area (Å²) in [5.74, 6) is -0.711. The first kappa shape index (κ1) is 30.8. The van der Waals surface area contributed by atoms with E-state index in [0.29, 0.717) is 54.0 Å². The number of fused-ring (bicyclic) bond motifs is 2. The third-order valence-corrected chi connectivity index (χ3v) is 11.0. The lowest BCUT2D eigenvalue weighted by molar-refractivity contribution is 0.0511. The summed E-state index contributed by atoms with van der Waals surface area (Å²) in [5, 5.41) is 6.58. The van der Waals surface area contributed by atoms with Gasteiger partial charge < -0.3 is 29.7 Å². The van der Waals surface area contributed by atoms with Gasteiger partial charge in [-0.05, 0) is 99.7 Å². The van der Waals surface area contributed by atoms with Gasteiger partial charge >= 0.3 is 12.0 Å². The molecule has 1 aliphatic carbocycles. The molecule has 1 unspecified atom stereocenters. The van der Waals surface area contributed by atoms with Crippen molar-refractivity contribution >= 4 is 34.4 Å². The summed E-state index contributed by atoms with van der Waals surface area (Å²) < 4.78 is 50.5. The van der Waals surface area contributed by atoms with Gasteiger partial charge in [-0.15, -0.1) is 0 Å². The summed E-state index contributed by atoms with van der Waals surface area (Å²) in [5.41, 5.74) is 0.230. The number of ether oxygens (including phenoxy) is 3. The first-order valence-corrected chi connectivity index (χ1v) is 17.0. The highest BCUT2D eigenvalue weighted by Crippen LogP contribution is 2.50. The lowest BCUT2D eigenvalue weighted by Crippen LogP contribution is -2.56. The lowest BCUT2D eigenvalue weighted by Gasteiger charge is -2.40. The van der Waals surface area contributed by atoms with E-state index in [9.17, 15) is 4.79 Å². The Morgan fingerprint density at radius 2 is 1.83 bits per heavy atom. The molecule has 1 spiro atoms. The predicted octanol–water partition coefficient (Wildman–Crippen LogP) is 5.75. The molecule has 5 heterocycles. The Morgan fingerprint density at radius 3 is 2.55 bits per heavy atom. The number of aromatic nitrogens is 2. The maximum atomic E-state index is 17.0. The number of carbonyl (C=O) groups excluding carboxylic acids is 1. The van der Waals surface area contributed by atoms with Crippen LogP contribution in [0.15, 0.2) is 18.2 Å². The van der Waals surface area contributed by atoms with Crippen LogP contribution in [0.2, 0.25) is 5.02 Å². The van der Waals surface area contributed by atoms with Crippen LogP contribution in [0.5, 0.6) is 11.8 Å². The molecule has 250 valence electrons. The van der Waals surface area contributed by atoms with Crippen LogP contribution in [0.3, 0.4) is 0 Å². The largest absolute Gasteiger partial charge is 0.467 e. The first-order valence-electron chi connectivity index (χ1n) is 16.6. The van der Waals surface area contributed by atoms with Crippen molar-refractivity contribution < 1.29 is 27.8 Å². The van der Waals surface area contributed by atoms with E-state index in [1.54, 1.807) is 12.1 Å². The molecule has 8 rings (SSSR count). The Balaban J connectivity index is 1.25. The van der Waals surface area contributed by atoms with Crippen molar-refractivity contribution in [3.8, 4) is 22.9 Å². The number of urea groups is 1. The number of piperidine rings is 1. The molecule has 0 radical (unpaired) electrons. The molecule has 0 bridgehead atoms. The van der Waals surface area contributed by atoms with Crippen molar-refractivity contribution in [2.75, 3.05) is 58.1 Å². The standard InChI is InChI=1S/C34H39ClF2N6O4/c1-45-19-47-21-13-22(26(20-5-6-20)24(35)14-21)27-25(36)15-23-29(28(27)37)39-32(46-18-34-8-3-11-43(34)12-4-9-34)40-30(23)42-10-2-7-33(17-42)16-38-31(44)41-33/h13-15,20H,2-12,16-19H2,1H3,(H2,38,41,44). The van der Waals surface area contributed by atoms with Gasteiger partial charge in [-0.2, -0.15) is 9.97 Å². The Bertz CT molecular complexity index is 1730. The van der Waals surface area contributed by atoms with Crippen LogP contribution in [0.4, 0.5) is 19.4 Å². The zero-order valence-electron chi connectivity index (χ0n) is 26.5. The number of anilines is 1. The lowest BCUT2D eigenvalue weighted by atomic mass is 9.89. The zero-order chi connectivity index (χ0) is 32.3. The van der Waals surface area contributed by atoms with Crippen molar-refractivity contribution in [2.24, 2.45) is 0 Å². The van der Waals surface area contributed by atoms with Crippen molar-refractivity contribution in [2.45, 2.75) is 68.4 Å². The normalized spacial score (nSPS) is 23.7. The maximum Gasteiger partial charge on any atom is 0.319 e. The smallest absolute Gasteiger partial charge is 0.319 e. The van der Waals surface area contributed by atoms with Crippen LogP contribution in [-0.2, 0) is 4.74 Å². The fraction of sp³-hybridized carbons (Fsp3) is 0.559. The molecule has 5 aliphatic rings. The number of amides is 2. The van der Waals surface area contributed by atoms with E-state index in [1.165, 1.54) is 13.2 Å². The van der Waals surface area contributed by atoms with Gasteiger partial charge in [0.25, 0.3) is 0 Å². The molecule has 1 aromatic heterocycles. The van der Waals surface area contributed by atoms with Gasteiger partial charge in [-0.25, -0.2) is 13.6 Å². The van der Waals surface area contributed by atoms with Crippen molar-refractivity contribution in [3.05, 3.63) is 40.4 Å². The number of nitrogens with one attached hydrogen (secondary N) is 2. The number of rotatable bonds is 9. The molecular weight excluding hydrogens is 630 g/mol. The van der Waals surface area contributed by atoms with Crippen LogP contribution in [0.1, 0.15) is 62.8 Å². The van der Waals surface area contributed by atoms with E-state index in [2.05, 4.69) is 20.5 Å². The number of benzene rings is 2. The van der Waals surface area contributed by atoms with Gasteiger partial charge in [0, 0.05) is 37.2 Å². The minimum Gasteiger partial charge on any atom is -0.467 e. The van der Waals surface area contributed by atoms with Gasteiger partial charge in [0.05, 0.1) is 16.6 Å². The summed E-state index contributed by atoms with van der Waals surface area (Å²) in [4.78, 5) is 26.1. The van der Waals surface area contributed by atoms with Gasteiger partial charge in [-0.3, -0.25) is 4.90 Å². The fourth-order valence-corrected chi connectivity index (χ4v) is 8.67. The summed E-state index contributed by atoms with van der Waals surface area (Å²) >= 11 is 6.73. The Labute approximate surface area is 277 Å². The molecule has 3 aromatic rings.